The lowest BCUT2D eigenvalue weighted by atomic mass is 9.94. The molecule has 1 unspecified atom stereocenters. The van der Waals surface area contributed by atoms with Crippen molar-refractivity contribution in [3.63, 3.8) is 0 Å². The Labute approximate surface area is 119 Å². The zero-order valence-corrected chi connectivity index (χ0v) is 11.8. The fourth-order valence-electron chi connectivity index (χ4n) is 2.34. The molecule has 19 heavy (non-hydrogen) atoms. The number of rotatable bonds is 6. The molecule has 0 amide bonds. The fraction of sp³-hybridized carbons (Fsp3) is 0.438. The van der Waals surface area contributed by atoms with Crippen LogP contribution in [0.25, 0.3) is 0 Å². The molecular formula is C16H20ClNO. The van der Waals surface area contributed by atoms with Crippen LogP contribution in [0.5, 0.6) is 0 Å². The highest BCUT2D eigenvalue weighted by Crippen LogP contribution is 2.19. The zero-order valence-electron chi connectivity index (χ0n) is 11.1. The van der Waals surface area contributed by atoms with Crippen LogP contribution < -0.4 is 5.32 Å². The Hall–Kier alpha value is -1.28. The van der Waals surface area contributed by atoms with Gasteiger partial charge in [-0.05, 0) is 60.9 Å². The zero-order chi connectivity index (χ0) is 13.5. The highest BCUT2D eigenvalue weighted by molar-refractivity contribution is 6.63. The van der Waals surface area contributed by atoms with Gasteiger partial charge in [-0.25, -0.2) is 0 Å². The van der Waals surface area contributed by atoms with Crippen molar-refractivity contribution in [2.24, 2.45) is 5.92 Å². The maximum absolute atomic E-state index is 10.7. The van der Waals surface area contributed by atoms with Crippen LogP contribution in [0, 0.1) is 5.92 Å². The molecule has 1 aromatic rings. The molecule has 0 aliphatic heterocycles. The topological polar surface area (TPSA) is 29.1 Å². The molecule has 0 bridgehead atoms. The van der Waals surface area contributed by atoms with Gasteiger partial charge in [-0.2, -0.15) is 0 Å². The first-order valence-electron chi connectivity index (χ1n) is 6.90. The summed E-state index contributed by atoms with van der Waals surface area (Å²) in [5, 5.41) is 3.21. The van der Waals surface area contributed by atoms with Gasteiger partial charge >= 0.3 is 0 Å². The first-order valence-corrected chi connectivity index (χ1v) is 7.28. The van der Waals surface area contributed by atoms with E-state index in [1.165, 1.54) is 19.3 Å². The third kappa shape index (κ3) is 5.07. The molecule has 1 aliphatic rings. The molecule has 2 nitrogen and oxygen atoms in total. The number of allylic oxidation sites excluding steroid dienone is 2. The third-order valence-corrected chi connectivity index (χ3v) is 3.73. The minimum Gasteiger partial charge on any atom is -0.385 e. The normalized spacial score (nSPS) is 18.3. The summed E-state index contributed by atoms with van der Waals surface area (Å²) in [5.41, 5.74) is 2.30. The lowest BCUT2D eigenvalue weighted by Gasteiger charge is -2.18. The summed E-state index contributed by atoms with van der Waals surface area (Å²) < 4.78 is 0. The summed E-state index contributed by atoms with van der Waals surface area (Å²) in [6.07, 6.45) is 9.34. The van der Waals surface area contributed by atoms with Crippen molar-refractivity contribution in [3.8, 4) is 0 Å². The second-order valence-corrected chi connectivity index (χ2v) is 5.50. The Bertz CT molecular complexity index is 439. The fourth-order valence-corrected chi connectivity index (χ4v) is 2.43. The summed E-state index contributed by atoms with van der Waals surface area (Å²) in [4.78, 5) is 10.7. The standard InChI is InChI=1S/C16H20ClNO/c17-16(19)11-8-13-6-9-15(10-7-13)18-12-14-4-2-1-3-5-14/h1-2,6-7,9-10,14,18H,3-5,8,11-12H2. The smallest absolute Gasteiger partial charge is 0.221 e. The summed E-state index contributed by atoms with van der Waals surface area (Å²) in [6.45, 7) is 1.03. The molecular weight excluding hydrogens is 258 g/mol. The van der Waals surface area contributed by atoms with Crippen molar-refractivity contribution in [1.82, 2.24) is 0 Å². The van der Waals surface area contributed by atoms with Gasteiger partial charge in [0.2, 0.25) is 5.24 Å². The number of aryl methyl sites for hydroxylation is 1. The summed E-state index contributed by atoms with van der Waals surface area (Å²) >= 11 is 5.34. The maximum Gasteiger partial charge on any atom is 0.221 e. The number of carbonyl (C=O) groups is 1. The van der Waals surface area contributed by atoms with E-state index in [0.717, 1.165) is 30.1 Å². The molecule has 1 N–H and O–H groups in total. The third-order valence-electron chi connectivity index (χ3n) is 3.54. The van der Waals surface area contributed by atoms with Gasteiger partial charge in [0.05, 0.1) is 0 Å². The van der Waals surface area contributed by atoms with Crippen LogP contribution in [0.2, 0.25) is 0 Å². The molecule has 0 fully saturated rings. The summed E-state index contributed by atoms with van der Waals surface area (Å²) in [5.74, 6) is 0.749. The highest BCUT2D eigenvalue weighted by Gasteiger charge is 2.09. The average molecular weight is 278 g/mol. The SMILES string of the molecule is O=C(Cl)CCc1ccc(NCC2CC=CCC2)cc1. The van der Waals surface area contributed by atoms with E-state index in [4.69, 9.17) is 11.6 Å². The van der Waals surface area contributed by atoms with E-state index >= 15 is 0 Å². The van der Waals surface area contributed by atoms with Gasteiger partial charge in [0.1, 0.15) is 0 Å². The first-order chi connectivity index (χ1) is 9.24. The Morgan fingerprint density at radius 2 is 2.05 bits per heavy atom. The van der Waals surface area contributed by atoms with E-state index in [-0.39, 0.29) is 5.24 Å². The van der Waals surface area contributed by atoms with E-state index in [1.54, 1.807) is 0 Å². The van der Waals surface area contributed by atoms with Gasteiger partial charge in [-0.1, -0.05) is 24.3 Å². The van der Waals surface area contributed by atoms with Gasteiger partial charge in [0.25, 0.3) is 0 Å². The number of anilines is 1. The van der Waals surface area contributed by atoms with Gasteiger partial charge in [-0.3, -0.25) is 4.79 Å². The maximum atomic E-state index is 10.7. The van der Waals surface area contributed by atoms with Crippen molar-refractivity contribution >= 4 is 22.5 Å². The molecule has 0 heterocycles. The number of benzene rings is 1. The van der Waals surface area contributed by atoms with Crippen molar-refractivity contribution in [1.29, 1.82) is 0 Å². The molecule has 0 saturated heterocycles. The summed E-state index contributed by atoms with van der Waals surface area (Å²) in [6, 6.07) is 8.27. The van der Waals surface area contributed by atoms with Crippen LogP contribution in [-0.2, 0) is 11.2 Å². The van der Waals surface area contributed by atoms with E-state index < -0.39 is 0 Å². The van der Waals surface area contributed by atoms with Crippen LogP contribution in [0.1, 0.15) is 31.2 Å². The Balaban J connectivity index is 1.78. The van der Waals surface area contributed by atoms with Gasteiger partial charge in [0.15, 0.2) is 0 Å². The molecule has 1 aliphatic carbocycles. The highest BCUT2D eigenvalue weighted by atomic mass is 35.5. The van der Waals surface area contributed by atoms with Crippen LogP contribution in [0.4, 0.5) is 5.69 Å². The lowest BCUT2D eigenvalue weighted by Crippen LogP contribution is -2.15. The van der Waals surface area contributed by atoms with Crippen LogP contribution in [0.15, 0.2) is 36.4 Å². The minimum atomic E-state index is -0.271. The van der Waals surface area contributed by atoms with Crippen molar-refractivity contribution in [3.05, 3.63) is 42.0 Å². The Morgan fingerprint density at radius 1 is 1.26 bits per heavy atom. The van der Waals surface area contributed by atoms with E-state index in [2.05, 4.69) is 41.7 Å². The quantitative estimate of drug-likeness (QED) is 0.625. The molecule has 2 rings (SSSR count). The Kier molecular flexibility index (Phi) is 5.46. The predicted octanol–water partition coefficient (Wildman–Crippen LogP) is 4.15. The number of halogens is 1. The predicted molar refractivity (Wildman–Crippen MR) is 80.6 cm³/mol. The average Bonchev–Trinajstić information content (AvgIpc) is 2.45. The van der Waals surface area contributed by atoms with E-state index in [1.807, 2.05) is 0 Å². The van der Waals surface area contributed by atoms with Gasteiger partial charge in [0, 0.05) is 18.7 Å². The molecule has 0 saturated carbocycles. The Morgan fingerprint density at radius 3 is 2.68 bits per heavy atom. The first kappa shape index (κ1) is 14.1. The number of hydrogen-bond acceptors (Lipinski definition) is 2. The van der Waals surface area contributed by atoms with E-state index in [0.29, 0.717) is 6.42 Å². The van der Waals surface area contributed by atoms with Crippen LogP contribution >= 0.6 is 11.6 Å². The second-order valence-electron chi connectivity index (χ2n) is 5.08. The minimum absolute atomic E-state index is 0.271. The van der Waals surface area contributed by atoms with Crippen molar-refractivity contribution in [2.45, 2.75) is 32.1 Å². The number of nitrogens with one attached hydrogen (secondary N) is 1. The van der Waals surface area contributed by atoms with Gasteiger partial charge < -0.3 is 5.32 Å². The number of carbonyl (C=O) groups excluding carboxylic acids is 1. The lowest BCUT2D eigenvalue weighted by molar-refractivity contribution is -0.111. The molecule has 0 aromatic heterocycles. The molecule has 0 spiro atoms. The summed E-state index contributed by atoms with van der Waals surface area (Å²) in [7, 11) is 0. The number of hydrogen-bond donors (Lipinski definition) is 1. The molecule has 1 atom stereocenters. The van der Waals surface area contributed by atoms with E-state index in [9.17, 15) is 4.79 Å². The monoisotopic (exact) mass is 277 g/mol. The van der Waals surface area contributed by atoms with Crippen LogP contribution in [-0.4, -0.2) is 11.8 Å². The molecule has 102 valence electrons. The van der Waals surface area contributed by atoms with Crippen molar-refractivity contribution in [2.75, 3.05) is 11.9 Å². The van der Waals surface area contributed by atoms with Crippen molar-refractivity contribution < 1.29 is 4.79 Å². The second kappa shape index (κ2) is 7.34. The van der Waals surface area contributed by atoms with Gasteiger partial charge in [-0.15, -0.1) is 0 Å². The molecule has 0 radical (unpaired) electrons. The largest absolute Gasteiger partial charge is 0.385 e. The van der Waals surface area contributed by atoms with Crippen LogP contribution in [0.3, 0.4) is 0 Å². The molecule has 3 heteroatoms. The molecule has 1 aromatic carbocycles.